The first kappa shape index (κ1) is 11.2. The van der Waals surface area contributed by atoms with Crippen LogP contribution in [0.15, 0.2) is 12.7 Å². The van der Waals surface area contributed by atoms with E-state index in [4.69, 9.17) is 9.47 Å². The third-order valence-corrected chi connectivity index (χ3v) is 3.56. The average molecular weight is 210 g/mol. The van der Waals surface area contributed by atoms with Gasteiger partial charge >= 0.3 is 0 Å². The lowest BCUT2D eigenvalue weighted by Crippen LogP contribution is -2.35. The van der Waals surface area contributed by atoms with Crippen molar-refractivity contribution in [2.45, 2.75) is 44.8 Å². The monoisotopic (exact) mass is 210 g/mol. The Hall–Kier alpha value is -0.340. The number of allylic oxidation sites excluding steroid dienone is 1. The zero-order valence-electron chi connectivity index (χ0n) is 9.49. The summed E-state index contributed by atoms with van der Waals surface area (Å²) < 4.78 is 11.4. The van der Waals surface area contributed by atoms with Gasteiger partial charge in [-0.3, -0.25) is 0 Å². The highest BCUT2D eigenvalue weighted by molar-refractivity contribution is 4.81. The summed E-state index contributed by atoms with van der Waals surface area (Å²) in [5, 5.41) is 0. The Morgan fingerprint density at radius 3 is 2.67 bits per heavy atom. The van der Waals surface area contributed by atoms with Crippen molar-refractivity contribution in [3.05, 3.63) is 12.7 Å². The van der Waals surface area contributed by atoms with Crippen LogP contribution in [0.5, 0.6) is 0 Å². The molecule has 0 bridgehead atoms. The van der Waals surface area contributed by atoms with Crippen LogP contribution in [0.1, 0.15) is 38.5 Å². The predicted molar refractivity (Wildman–Crippen MR) is 60.6 cm³/mol. The van der Waals surface area contributed by atoms with E-state index >= 15 is 0 Å². The normalized spacial score (nSPS) is 33.9. The second-order valence-corrected chi connectivity index (χ2v) is 4.78. The molecule has 0 aromatic heterocycles. The Morgan fingerprint density at radius 2 is 1.93 bits per heavy atom. The molecular weight excluding hydrogens is 188 g/mol. The minimum Gasteiger partial charge on any atom is -0.352 e. The Bertz CT molecular complexity index is 197. The number of hydrogen-bond acceptors (Lipinski definition) is 2. The standard InChI is InChI=1S/C13H22O2/c1-2-5-11-6-3-7-12(10-11)13-14-8-4-9-15-13/h2,11-13H,1,3-10H2. The molecule has 2 nitrogen and oxygen atoms in total. The van der Waals surface area contributed by atoms with E-state index in [9.17, 15) is 0 Å². The van der Waals surface area contributed by atoms with Gasteiger partial charge in [0.15, 0.2) is 6.29 Å². The molecule has 15 heavy (non-hydrogen) atoms. The van der Waals surface area contributed by atoms with Gasteiger partial charge < -0.3 is 9.47 Å². The van der Waals surface area contributed by atoms with Crippen molar-refractivity contribution in [1.29, 1.82) is 0 Å². The summed E-state index contributed by atoms with van der Waals surface area (Å²) in [6, 6.07) is 0. The number of ether oxygens (including phenoxy) is 2. The van der Waals surface area contributed by atoms with E-state index in [1.807, 2.05) is 0 Å². The molecule has 0 spiro atoms. The van der Waals surface area contributed by atoms with Gasteiger partial charge in [0.2, 0.25) is 0 Å². The summed E-state index contributed by atoms with van der Waals surface area (Å²) in [7, 11) is 0. The van der Waals surface area contributed by atoms with Gasteiger partial charge in [0.25, 0.3) is 0 Å². The summed E-state index contributed by atoms with van der Waals surface area (Å²) >= 11 is 0. The minimum atomic E-state index is 0.0892. The van der Waals surface area contributed by atoms with E-state index in [0.29, 0.717) is 5.92 Å². The molecule has 0 amide bonds. The fraction of sp³-hybridized carbons (Fsp3) is 0.846. The molecule has 0 aromatic carbocycles. The quantitative estimate of drug-likeness (QED) is 0.666. The maximum absolute atomic E-state index is 5.70. The molecule has 1 aliphatic heterocycles. The van der Waals surface area contributed by atoms with Gasteiger partial charge in [0.05, 0.1) is 13.2 Å². The highest BCUT2D eigenvalue weighted by Gasteiger charge is 2.30. The van der Waals surface area contributed by atoms with Gasteiger partial charge in [0.1, 0.15) is 0 Å². The van der Waals surface area contributed by atoms with E-state index in [1.54, 1.807) is 0 Å². The topological polar surface area (TPSA) is 18.5 Å². The summed E-state index contributed by atoms with van der Waals surface area (Å²) in [4.78, 5) is 0. The summed E-state index contributed by atoms with van der Waals surface area (Å²) in [5.41, 5.74) is 0. The first-order valence-corrected chi connectivity index (χ1v) is 6.24. The van der Waals surface area contributed by atoms with Crippen molar-refractivity contribution in [2.75, 3.05) is 13.2 Å². The van der Waals surface area contributed by atoms with Crippen LogP contribution in [0, 0.1) is 11.8 Å². The zero-order chi connectivity index (χ0) is 10.5. The van der Waals surface area contributed by atoms with Gasteiger partial charge in [-0.1, -0.05) is 18.9 Å². The highest BCUT2D eigenvalue weighted by atomic mass is 16.7. The molecule has 1 heterocycles. The Kier molecular flexibility index (Phi) is 4.21. The molecule has 0 N–H and O–H groups in total. The van der Waals surface area contributed by atoms with Crippen molar-refractivity contribution < 1.29 is 9.47 Å². The Morgan fingerprint density at radius 1 is 1.13 bits per heavy atom. The largest absolute Gasteiger partial charge is 0.352 e. The summed E-state index contributed by atoms with van der Waals surface area (Å²) in [6.07, 6.45) is 9.57. The first-order chi connectivity index (χ1) is 7.40. The van der Waals surface area contributed by atoms with Crippen LogP contribution in [-0.2, 0) is 9.47 Å². The maximum atomic E-state index is 5.70. The molecule has 1 aliphatic carbocycles. The van der Waals surface area contributed by atoms with Crippen molar-refractivity contribution in [3.63, 3.8) is 0 Å². The Balaban J connectivity index is 1.82. The van der Waals surface area contributed by atoms with E-state index in [-0.39, 0.29) is 6.29 Å². The van der Waals surface area contributed by atoms with Crippen LogP contribution in [-0.4, -0.2) is 19.5 Å². The van der Waals surface area contributed by atoms with Gasteiger partial charge in [0, 0.05) is 5.92 Å². The lowest BCUT2D eigenvalue weighted by Gasteiger charge is -2.35. The third-order valence-electron chi connectivity index (χ3n) is 3.56. The van der Waals surface area contributed by atoms with Crippen LogP contribution >= 0.6 is 0 Å². The molecule has 0 radical (unpaired) electrons. The van der Waals surface area contributed by atoms with Gasteiger partial charge in [-0.2, -0.15) is 0 Å². The molecular formula is C13H22O2. The van der Waals surface area contributed by atoms with E-state index < -0.39 is 0 Å². The molecule has 2 atom stereocenters. The number of rotatable bonds is 3. The van der Waals surface area contributed by atoms with Crippen LogP contribution < -0.4 is 0 Å². The molecule has 2 aliphatic rings. The molecule has 2 rings (SSSR count). The molecule has 1 saturated carbocycles. The van der Waals surface area contributed by atoms with Crippen LogP contribution in [0.25, 0.3) is 0 Å². The van der Waals surface area contributed by atoms with Crippen molar-refractivity contribution in [2.24, 2.45) is 11.8 Å². The van der Waals surface area contributed by atoms with Crippen LogP contribution in [0.3, 0.4) is 0 Å². The van der Waals surface area contributed by atoms with Gasteiger partial charge in [-0.25, -0.2) is 0 Å². The van der Waals surface area contributed by atoms with Gasteiger partial charge in [-0.05, 0) is 31.6 Å². The van der Waals surface area contributed by atoms with E-state index in [2.05, 4.69) is 12.7 Å². The average Bonchev–Trinajstić information content (AvgIpc) is 2.31. The second-order valence-electron chi connectivity index (χ2n) is 4.78. The number of hydrogen-bond donors (Lipinski definition) is 0. The van der Waals surface area contributed by atoms with Crippen molar-refractivity contribution >= 4 is 0 Å². The summed E-state index contributed by atoms with van der Waals surface area (Å²) in [6.45, 7) is 5.59. The molecule has 2 fully saturated rings. The molecule has 2 heteroatoms. The molecule has 0 aromatic rings. The van der Waals surface area contributed by atoms with Crippen LogP contribution in [0.4, 0.5) is 0 Å². The zero-order valence-corrected chi connectivity index (χ0v) is 9.49. The highest BCUT2D eigenvalue weighted by Crippen LogP contribution is 2.35. The fourth-order valence-electron chi connectivity index (χ4n) is 2.81. The first-order valence-electron chi connectivity index (χ1n) is 6.24. The Labute approximate surface area is 92.6 Å². The summed E-state index contributed by atoms with van der Waals surface area (Å²) in [5.74, 6) is 1.44. The molecule has 1 saturated heterocycles. The third kappa shape index (κ3) is 3.05. The molecule has 2 unspecified atom stereocenters. The van der Waals surface area contributed by atoms with E-state index in [0.717, 1.165) is 32.0 Å². The SMILES string of the molecule is C=CCC1CCCC(C2OCCCO2)C1. The van der Waals surface area contributed by atoms with Crippen molar-refractivity contribution in [3.8, 4) is 0 Å². The minimum absolute atomic E-state index is 0.0892. The second kappa shape index (κ2) is 5.66. The maximum Gasteiger partial charge on any atom is 0.160 e. The van der Waals surface area contributed by atoms with E-state index in [1.165, 1.54) is 25.7 Å². The fourth-order valence-corrected chi connectivity index (χ4v) is 2.81. The lowest BCUT2D eigenvalue weighted by atomic mass is 9.79. The van der Waals surface area contributed by atoms with Crippen molar-refractivity contribution in [1.82, 2.24) is 0 Å². The lowest BCUT2D eigenvalue weighted by molar-refractivity contribution is -0.211. The predicted octanol–water partition coefficient (Wildman–Crippen LogP) is 3.13. The molecule has 86 valence electrons. The van der Waals surface area contributed by atoms with Crippen LogP contribution in [0.2, 0.25) is 0 Å². The van der Waals surface area contributed by atoms with Gasteiger partial charge in [-0.15, -0.1) is 6.58 Å². The smallest absolute Gasteiger partial charge is 0.160 e.